The number of rotatable bonds is 7. The molecule has 114 valence electrons. The second-order valence-corrected chi connectivity index (χ2v) is 7.43. The van der Waals surface area contributed by atoms with E-state index in [1.807, 2.05) is 19.9 Å². The quantitative estimate of drug-likeness (QED) is 0.808. The molecule has 0 amide bonds. The summed E-state index contributed by atoms with van der Waals surface area (Å²) in [6, 6.07) is 6.82. The Morgan fingerprint density at radius 3 is 2.35 bits per heavy atom. The summed E-state index contributed by atoms with van der Waals surface area (Å²) >= 11 is 0. The van der Waals surface area contributed by atoms with E-state index in [1.54, 1.807) is 25.1 Å². The molecule has 0 bridgehead atoms. The van der Waals surface area contributed by atoms with Crippen molar-refractivity contribution in [3.05, 3.63) is 29.8 Å². The van der Waals surface area contributed by atoms with E-state index in [4.69, 9.17) is 0 Å². The summed E-state index contributed by atoms with van der Waals surface area (Å²) in [5.74, 6) is 0.0559. The molecule has 1 rings (SSSR count). The van der Waals surface area contributed by atoms with Gasteiger partial charge in [-0.1, -0.05) is 32.9 Å². The summed E-state index contributed by atoms with van der Waals surface area (Å²) in [4.78, 5) is 0.315. The molecule has 2 N–H and O–H groups in total. The third kappa shape index (κ3) is 4.30. The molecule has 1 aromatic carbocycles. The third-order valence-electron chi connectivity index (χ3n) is 3.62. The molecule has 0 aliphatic heterocycles. The SMILES string of the molecule is CCC(O)C(O)CC(C)c1cccc(S(=O)(=O)CC)c1. The first kappa shape index (κ1) is 17.1. The van der Waals surface area contributed by atoms with Crippen LogP contribution in [0.25, 0.3) is 0 Å². The highest BCUT2D eigenvalue weighted by atomic mass is 32.2. The lowest BCUT2D eigenvalue weighted by atomic mass is 9.92. The van der Waals surface area contributed by atoms with Crippen LogP contribution in [-0.2, 0) is 9.84 Å². The van der Waals surface area contributed by atoms with Crippen molar-refractivity contribution in [2.75, 3.05) is 5.75 Å². The number of hydrogen-bond donors (Lipinski definition) is 2. The summed E-state index contributed by atoms with van der Waals surface area (Å²) in [6.45, 7) is 5.35. The molecular weight excluding hydrogens is 276 g/mol. The predicted molar refractivity (Wildman–Crippen MR) is 79.5 cm³/mol. The number of aliphatic hydroxyl groups excluding tert-OH is 2. The van der Waals surface area contributed by atoms with Crippen molar-refractivity contribution < 1.29 is 18.6 Å². The third-order valence-corrected chi connectivity index (χ3v) is 5.36. The van der Waals surface area contributed by atoms with E-state index in [2.05, 4.69) is 0 Å². The minimum Gasteiger partial charge on any atom is -0.390 e. The van der Waals surface area contributed by atoms with Gasteiger partial charge in [-0.15, -0.1) is 0 Å². The fourth-order valence-electron chi connectivity index (χ4n) is 2.11. The van der Waals surface area contributed by atoms with E-state index in [-0.39, 0.29) is 11.7 Å². The maximum absolute atomic E-state index is 11.9. The van der Waals surface area contributed by atoms with Gasteiger partial charge in [0, 0.05) is 0 Å². The molecule has 0 radical (unpaired) electrons. The second kappa shape index (κ2) is 7.20. The average molecular weight is 300 g/mol. The van der Waals surface area contributed by atoms with Crippen LogP contribution in [0.1, 0.15) is 45.1 Å². The highest BCUT2D eigenvalue weighted by Crippen LogP contribution is 2.25. The highest BCUT2D eigenvalue weighted by Gasteiger charge is 2.20. The molecule has 20 heavy (non-hydrogen) atoms. The summed E-state index contributed by atoms with van der Waals surface area (Å²) in [7, 11) is -3.22. The first-order valence-electron chi connectivity index (χ1n) is 7.00. The fraction of sp³-hybridized carbons (Fsp3) is 0.600. The van der Waals surface area contributed by atoms with Crippen molar-refractivity contribution in [3.63, 3.8) is 0 Å². The molecule has 0 aliphatic carbocycles. The van der Waals surface area contributed by atoms with E-state index in [0.29, 0.717) is 17.7 Å². The zero-order valence-electron chi connectivity index (χ0n) is 12.3. The molecule has 0 saturated carbocycles. The van der Waals surface area contributed by atoms with E-state index in [1.165, 1.54) is 0 Å². The zero-order chi connectivity index (χ0) is 15.3. The normalized spacial score (nSPS) is 16.6. The number of hydrogen-bond acceptors (Lipinski definition) is 4. The first-order chi connectivity index (χ1) is 9.31. The Kier molecular flexibility index (Phi) is 6.17. The maximum atomic E-state index is 11.9. The lowest BCUT2D eigenvalue weighted by molar-refractivity contribution is 0.00953. The van der Waals surface area contributed by atoms with Gasteiger partial charge in [0.25, 0.3) is 0 Å². The van der Waals surface area contributed by atoms with Crippen LogP contribution in [0.5, 0.6) is 0 Å². The van der Waals surface area contributed by atoms with Crippen LogP contribution >= 0.6 is 0 Å². The Bertz CT molecular complexity index is 524. The molecule has 0 saturated heterocycles. The van der Waals surface area contributed by atoms with Crippen molar-refractivity contribution in [2.45, 2.75) is 56.6 Å². The average Bonchev–Trinajstić information content (AvgIpc) is 2.46. The Labute approximate surface area is 121 Å². The number of aliphatic hydroxyl groups is 2. The molecule has 5 heteroatoms. The zero-order valence-corrected chi connectivity index (χ0v) is 13.1. The fourth-order valence-corrected chi connectivity index (χ4v) is 3.04. The summed E-state index contributed by atoms with van der Waals surface area (Å²) in [5, 5.41) is 19.5. The Morgan fingerprint density at radius 1 is 1.15 bits per heavy atom. The van der Waals surface area contributed by atoms with Crippen LogP contribution in [0.4, 0.5) is 0 Å². The molecule has 0 heterocycles. The molecule has 3 unspecified atom stereocenters. The topological polar surface area (TPSA) is 74.6 Å². The van der Waals surface area contributed by atoms with Crippen LogP contribution in [0.2, 0.25) is 0 Å². The van der Waals surface area contributed by atoms with Crippen molar-refractivity contribution >= 4 is 9.84 Å². The Morgan fingerprint density at radius 2 is 1.80 bits per heavy atom. The van der Waals surface area contributed by atoms with Crippen molar-refractivity contribution in [2.24, 2.45) is 0 Å². The second-order valence-electron chi connectivity index (χ2n) is 5.16. The monoisotopic (exact) mass is 300 g/mol. The lowest BCUT2D eigenvalue weighted by Crippen LogP contribution is -2.26. The van der Waals surface area contributed by atoms with E-state index in [0.717, 1.165) is 5.56 Å². The van der Waals surface area contributed by atoms with Gasteiger partial charge in [0.1, 0.15) is 0 Å². The van der Waals surface area contributed by atoms with E-state index >= 15 is 0 Å². The van der Waals surface area contributed by atoms with Crippen molar-refractivity contribution in [1.29, 1.82) is 0 Å². The molecule has 0 aliphatic rings. The van der Waals surface area contributed by atoms with Gasteiger partial charge in [-0.25, -0.2) is 8.42 Å². The lowest BCUT2D eigenvalue weighted by Gasteiger charge is -2.21. The summed E-state index contributed by atoms with van der Waals surface area (Å²) in [5.41, 5.74) is 0.863. The van der Waals surface area contributed by atoms with Crippen LogP contribution < -0.4 is 0 Å². The summed E-state index contributed by atoms with van der Waals surface area (Å²) < 4.78 is 23.7. The van der Waals surface area contributed by atoms with Gasteiger partial charge in [-0.05, 0) is 36.5 Å². The standard InChI is InChI=1S/C15H24O4S/c1-4-14(16)15(17)9-11(3)12-7-6-8-13(10-12)20(18,19)5-2/h6-8,10-11,14-17H,4-5,9H2,1-3H3. The van der Waals surface area contributed by atoms with Gasteiger partial charge in [0.2, 0.25) is 0 Å². The van der Waals surface area contributed by atoms with Gasteiger partial charge in [-0.2, -0.15) is 0 Å². The van der Waals surface area contributed by atoms with Gasteiger partial charge >= 0.3 is 0 Å². The molecule has 1 aromatic rings. The van der Waals surface area contributed by atoms with Gasteiger partial charge in [-0.3, -0.25) is 0 Å². The van der Waals surface area contributed by atoms with Crippen molar-refractivity contribution in [1.82, 2.24) is 0 Å². The molecule has 0 aromatic heterocycles. The van der Waals surface area contributed by atoms with Crippen molar-refractivity contribution in [3.8, 4) is 0 Å². The Balaban J connectivity index is 2.90. The maximum Gasteiger partial charge on any atom is 0.178 e. The van der Waals surface area contributed by atoms with Gasteiger partial charge in [0.15, 0.2) is 9.84 Å². The minimum absolute atomic E-state index is 0.0155. The van der Waals surface area contributed by atoms with Crippen LogP contribution in [0.3, 0.4) is 0 Å². The largest absolute Gasteiger partial charge is 0.390 e. The summed E-state index contributed by atoms with van der Waals surface area (Å²) in [6.07, 6.45) is -0.621. The molecule has 0 spiro atoms. The van der Waals surface area contributed by atoms with E-state index in [9.17, 15) is 18.6 Å². The highest BCUT2D eigenvalue weighted by molar-refractivity contribution is 7.91. The smallest absolute Gasteiger partial charge is 0.178 e. The van der Waals surface area contributed by atoms with Crippen LogP contribution in [0, 0.1) is 0 Å². The molecule has 4 nitrogen and oxygen atoms in total. The van der Waals surface area contributed by atoms with Gasteiger partial charge < -0.3 is 10.2 Å². The van der Waals surface area contributed by atoms with E-state index < -0.39 is 22.0 Å². The number of benzene rings is 1. The molecular formula is C15H24O4S. The number of sulfone groups is 1. The first-order valence-corrected chi connectivity index (χ1v) is 8.65. The van der Waals surface area contributed by atoms with Gasteiger partial charge in [0.05, 0.1) is 22.9 Å². The molecule has 0 fully saturated rings. The minimum atomic E-state index is -3.22. The Hall–Kier alpha value is -0.910. The predicted octanol–water partition coefficient (Wildman–Crippen LogP) is 2.11. The molecule has 3 atom stereocenters. The van der Waals surface area contributed by atoms with Crippen LogP contribution in [-0.4, -0.2) is 36.6 Å². The van der Waals surface area contributed by atoms with Crippen LogP contribution in [0.15, 0.2) is 29.2 Å².